The third-order valence-corrected chi connectivity index (χ3v) is 2.54. The molecule has 2 heteroatoms. The second kappa shape index (κ2) is 8.06. The van der Waals surface area contributed by atoms with Crippen LogP contribution in [0.25, 0.3) is 0 Å². The Labute approximate surface area is 85.0 Å². The Bertz CT molecular complexity index is 93.8. The second-order valence-electron chi connectivity index (χ2n) is 3.67. The maximum absolute atomic E-state index is 5.39. The molecule has 0 fully saturated rings. The number of unbranched alkanes of at least 4 members (excludes halogenated alkanes) is 1. The standard InChI is InChI=1S/C10H21BrO/c1-9(2)8-10(12-3)6-4-5-7-11/h9-10H,4-8H2,1-3H3. The van der Waals surface area contributed by atoms with Crippen molar-refractivity contribution in [2.24, 2.45) is 5.92 Å². The molecule has 0 spiro atoms. The highest BCUT2D eigenvalue weighted by Crippen LogP contribution is 2.14. The summed E-state index contributed by atoms with van der Waals surface area (Å²) in [5.41, 5.74) is 0. The van der Waals surface area contributed by atoms with E-state index in [1.165, 1.54) is 25.7 Å². The molecular weight excluding hydrogens is 216 g/mol. The maximum atomic E-state index is 5.39. The van der Waals surface area contributed by atoms with Crippen molar-refractivity contribution in [1.82, 2.24) is 0 Å². The zero-order chi connectivity index (χ0) is 9.40. The van der Waals surface area contributed by atoms with Gasteiger partial charge in [0.1, 0.15) is 0 Å². The Kier molecular flexibility index (Phi) is 8.35. The Hall–Kier alpha value is 0.440. The summed E-state index contributed by atoms with van der Waals surface area (Å²) >= 11 is 3.43. The lowest BCUT2D eigenvalue weighted by atomic mass is 10.0. The van der Waals surface area contributed by atoms with E-state index in [0.717, 1.165) is 11.2 Å². The van der Waals surface area contributed by atoms with E-state index in [1.807, 2.05) is 7.11 Å². The highest BCUT2D eigenvalue weighted by Gasteiger charge is 2.08. The third kappa shape index (κ3) is 7.11. The summed E-state index contributed by atoms with van der Waals surface area (Å²) in [4.78, 5) is 0. The molecule has 0 heterocycles. The molecule has 0 N–H and O–H groups in total. The van der Waals surface area contributed by atoms with Crippen molar-refractivity contribution in [2.45, 2.75) is 45.6 Å². The predicted octanol–water partition coefficient (Wildman–Crippen LogP) is 3.61. The van der Waals surface area contributed by atoms with Crippen molar-refractivity contribution < 1.29 is 4.74 Å². The molecule has 0 radical (unpaired) electrons. The minimum absolute atomic E-state index is 0.476. The minimum atomic E-state index is 0.476. The molecule has 1 unspecified atom stereocenters. The SMILES string of the molecule is COC(CCCCBr)CC(C)C. The second-order valence-corrected chi connectivity index (χ2v) is 4.47. The molecule has 0 saturated heterocycles. The molecule has 12 heavy (non-hydrogen) atoms. The van der Waals surface area contributed by atoms with Gasteiger partial charge in [-0.3, -0.25) is 0 Å². The Balaban J connectivity index is 3.39. The monoisotopic (exact) mass is 236 g/mol. The number of rotatable bonds is 7. The van der Waals surface area contributed by atoms with Gasteiger partial charge in [-0.15, -0.1) is 0 Å². The molecule has 0 aromatic heterocycles. The highest BCUT2D eigenvalue weighted by atomic mass is 79.9. The molecule has 0 amide bonds. The number of hydrogen-bond acceptors (Lipinski definition) is 1. The van der Waals surface area contributed by atoms with Gasteiger partial charge in [-0.05, 0) is 25.2 Å². The molecule has 0 aliphatic heterocycles. The van der Waals surface area contributed by atoms with Gasteiger partial charge in [0.15, 0.2) is 0 Å². The van der Waals surface area contributed by atoms with Gasteiger partial charge in [0.05, 0.1) is 6.10 Å². The lowest BCUT2D eigenvalue weighted by molar-refractivity contribution is 0.0757. The maximum Gasteiger partial charge on any atom is 0.0573 e. The molecule has 0 aliphatic carbocycles. The fourth-order valence-electron chi connectivity index (χ4n) is 1.32. The van der Waals surface area contributed by atoms with Crippen LogP contribution >= 0.6 is 15.9 Å². The number of alkyl halides is 1. The first kappa shape index (κ1) is 12.4. The van der Waals surface area contributed by atoms with Gasteiger partial charge < -0.3 is 4.74 Å². The summed E-state index contributed by atoms with van der Waals surface area (Å²) in [7, 11) is 1.82. The molecule has 74 valence electrons. The van der Waals surface area contributed by atoms with E-state index in [0.29, 0.717) is 6.10 Å². The molecule has 0 rings (SSSR count). The normalized spacial score (nSPS) is 13.8. The molecule has 1 nitrogen and oxygen atoms in total. The molecule has 0 aromatic rings. The Morgan fingerprint density at radius 1 is 1.25 bits per heavy atom. The first-order valence-corrected chi connectivity index (χ1v) is 5.91. The van der Waals surface area contributed by atoms with Gasteiger partial charge in [0, 0.05) is 12.4 Å². The minimum Gasteiger partial charge on any atom is -0.381 e. The molecule has 1 atom stereocenters. The van der Waals surface area contributed by atoms with E-state index in [1.54, 1.807) is 0 Å². The zero-order valence-electron chi connectivity index (χ0n) is 8.48. The van der Waals surface area contributed by atoms with Crippen molar-refractivity contribution >= 4 is 15.9 Å². The summed E-state index contributed by atoms with van der Waals surface area (Å²) in [6.07, 6.45) is 5.41. The Morgan fingerprint density at radius 2 is 1.92 bits per heavy atom. The molecule has 0 bridgehead atoms. The first-order chi connectivity index (χ1) is 5.70. The summed E-state index contributed by atoms with van der Waals surface area (Å²) in [5.74, 6) is 0.749. The predicted molar refractivity (Wildman–Crippen MR) is 57.9 cm³/mol. The van der Waals surface area contributed by atoms with Gasteiger partial charge >= 0.3 is 0 Å². The Morgan fingerprint density at radius 3 is 2.33 bits per heavy atom. The van der Waals surface area contributed by atoms with Crippen LogP contribution in [0.4, 0.5) is 0 Å². The van der Waals surface area contributed by atoms with Crippen LogP contribution in [0.2, 0.25) is 0 Å². The van der Waals surface area contributed by atoms with Crippen molar-refractivity contribution in [3.05, 3.63) is 0 Å². The van der Waals surface area contributed by atoms with Crippen molar-refractivity contribution in [3.63, 3.8) is 0 Å². The van der Waals surface area contributed by atoms with E-state index < -0.39 is 0 Å². The van der Waals surface area contributed by atoms with Crippen LogP contribution in [0.5, 0.6) is 0 Å². The van der Waals surface area contributed by atoms with Gasteiger partial charge in [-0.25, -0.2) is 0 Å². The quantitative estimate of drug-likeness (QED) is 0.485. The largest absolute Gasteiger partial charge is 0.381 e. The summed E-state index contributed by atoms with van der Waals surface area (Å²) in [5, 5.41) is 1.12. The van der Waals surface area contributed by atoms with Gasteiger partial charge in [-0.2, -0.15) is 0 Å². The number of halogens is 1. The van der Waals surface area contributed by atoms with Crippen LogP contribution in [0.1, 0.15) is 39.5 Å². The van der Waals surface area contributed by atoms with Crippen LogP contribution in [0.3, 0.4) is 0 Å². The summed E-state index contributed by atoms with van der Waals surface area (Å²) in [6.45, 7) is 4.49. The van der Waals surface area contributed by atoms with Crippen molar-refractivity contribution in [3.8, 4) is 0 Å². The van der Waals surface area contributed by atoms with E-state index in [2.05, 4.69) is 29.8 Å². The van der Waals surface area contributed by atoms with Crippen LogP contribution in [-0.2, 0) is 4.74 Å². The van der Waals surface area contributed by atoms with Crippen LogP contribution in [0.15, 0.2) is 0 Å². The molecule has 0 aliphatic rings. The first-order valence-electron chi connectivity index (χ1n) is 4.79. The molecule has 0 aromatic carbocycles. The van der Waals surface area contributed by atoms with Gasteiger partial charge in [0.25, 0.3) is 0 Å². The fourth-order valence-corrected chi connectivity index (χ4v) is 1.72. The average molecular weight is 237 g/mol. The van der Waals surface area contributed by atoms with E-state index in [9.17, 15) is 0 Å². The van der Waals surface area contributed by atoms with Crippen molar-refractivity contribution in [2.75, 3.05) is 12.4 Å². The zero-order valence-corrected chi connectivity index (χ0v) is 10.1. The summed E-state index contributed by atoms with van der Waals surface area (Å²) in [6, 6.07) is 0. The van der Waals surface area contributed by atoms with E-state index in [-0.39, 0.29) is 0 Å². The highest BCUT2D eigenvalue weighted by molar-refractivity contribution is 9.09. The topological polar surface area (TPSA) is 9.23 Å². The van der Waals surface area contributed by atoms with Crippen LogP contribution < -0.4 is 0 Å². The average Bonchev–Trinajstić information content (AvgIpc) is 2.02. The van der Waals surface area contributed by atoms with Gasteiger partial charge in [0.2, 0.25) is 0 Å². The van der Waals surface area contributed by atoms with Crippen LogP contribution in [-0.4, -0.2) is 18.5 Å². The number of methoxy groups -OCH3 is 1. The van der Waals surface area contributed by atoms with Gasteiger partial charge in [-0.1, -0.05) is 36.2 Å². The summed E-state index contributed by atoms with van der Waals surface area (Å²) < 4.78 is 5.39. The van der Waals surface area contributed by atoms with E-state index in [4.69, 9.17) is 4.74 Å². The fraction of sp³-hybridized carbons (Fsp3) is 1.00. The smallest absolute Gasteiger partial charge is 0.0573 e. The number of hydrogen-bond donors (Lipinski definition) is 0. The number of ether oxygens (including phenoxy) is 1. The van der Waals surface area contributed by atoms with E-state index >= 15 is 0 Å². The molecular formula is C10H21BrO. The lowest BCUT2D eigenvalue weighted by Gasteiger charge is -2.16. The molecule has 0 saturated carbocycles. The third-order valence-electron chi connectivity index (χ3n) is 1.98. The van der Waals surface area contributed by atoms with Crippen LogP contribution in [0, 0.1) is 5.92 Å². The lowest BCUT2D eigenvalue weighted by Crippen LogP contribution is -2.13. The van der Waals surface area contributed by atoms with Crippen molar-refractivity contribution in [1.29, 1.82) is 0 Å².